The zero-order chi connectivity index (χ0) is 11.1. The van der Waals surface area contributed by atoms with Crippen LogP contribution in [0.25, 0.3) is 0 Å². The molecule has 0 aromatic carbocycles. The van der Waals surface area contributed by atoms with Crippen molar-refractivity contribution >= 4 is 0 Å². The average molecular weight is 200 g/mol. The second-order valence-corrected chi connectivity index (χ2v) is 4.42. The highest BCUT2D eigenvalue weighted by Crippen LogP contribution is 2.09. The van der Waals surface area contributed by atoms with E-state index >= 15 is 0 Å². The van der Waals surface area contributed by atoms with Gasteiger partial charge in [0.25, 0.3) is 0 Å². The Hall–Kier alpha value is -0.0800. The molecule has 0 saturated carbocycles. The van der Waals surface area contributed by atoms with Crippen molar-refractivity contribution < 1.29 is 0 Å². The largest absolute Gasteiger partial charge is 0.313 e. The highest BCUT2D eigenvalue weighted by Gasteiger charge is 2.20. The van der Waals surface area contributed by atoms with Gasteiger partial charge in [-0.15, -0.1) is 0 Å². The minimum Gasteiger partial charge on any atom is -0.313 e. The van der Waals surface area contributed by atoms with Crippen LogP contribution >= 0.6 is 0 Å². The molecule has 0 amide bonds. The smallest absolute Gasteiger partial charge is 0.0221 e. The van der Waals surface area contributed by atoms with Gasteiger partial charge in [0.1, 0.15) is 0 Å². The first-order valence-corrected chi connectivity index (χ1v) is 6.03. The van der Waals surface area contributed by atoms with Gasteiger partial charge in [0.15, 0.2) is 0 Å². The summed E-state index contributed by atoms with van der Waals surface area (Å²) in [5.74, 6) is 0. The Kier molecular flexibility index (Phi) is 7.20. The molecule has 0 rings (SSSR count). The molecule has 0 aromatic heterocycles. The Balaban J connectivity index is 4.19. The summed E-state index contributed by atoms with van der Waals surface area (Å²) >= 11 is 0. The molecule has 1 N–H and O–H groups in total. The van der Waals surface area contributed by atoms with Gasteiger partial charge in [0.05, 0.1) is 0 Å². The van der Waals surface area contributed by atoms with Crippen molar-refractivity contribution in [3.63, 3.8) is 0 Å². The molecule has 0 aliphatic rings. The molecule has 0 fully saturated rings. The SMILES string of the molecule is CCCN(C(C)C)C(C)C(C)NCC. The maximum absolute atomic E-state index is 3.50. The van der Waals surface area contributed by atoms with E-state index in [4.69, 9.17) is 0 Å². The topological polar surface area (TPSA) is 15.3 Å². The van der Waals surface area contributed by atoms with Gasteiger partial charge < -0.3 is 5.32 Å². The van der Waals surface area contributed by atoms with E-state index in [0.29, 0.717) is 18.1 Å². The van der Waals surface area contributed by atoms with Gasteiger partial charge in [-0.25, -0.2) is 0 Å². The molecule has 0 aliphatic carbocycles. The highest BCUT2D eigenvalue weighted by atomic mass is 15.2. The van der Waals surface area contributed by atoms with E-state index in [1.165, 1.54) is 13.0 Å². The zero-order valence-electron chi connectivity index (χ0n) is 10.8. The van der Waals surface area contributed by atoms with Gasteiger partial charge in [-0.1, -0.05) is 13.8 Å². The maximum Gasteiger partial charge on any atom is 0.0221 e. The maximum atomic E-state index is 3.50. The van der Waals surface area contributed by atoms with E-state index in [2.05, 4.69) is 51.8 Å². The molecule has 0 radical (unpaired) electrons. The second kappa shape index (κ2) is 7.24. The summed E-state index contributed by atoms with van der Waals surface area (Å²) in [6, 6.07) is 1.84. The minimum atomic E-state index is 0.578. The van der Waals surface area contributed by atoms with Crippen LogP contribution in [0, 0.1) is 0 Å². The van der Waals surface area contributed by atoms with Crippen molar-refractivity contribution in [1.29, 1.82) is 0 Å². The van der Waals surface area contributed by atoms with Crippen molar-refractivity contribution in [2.75, 3.05) is 13.1 Å². The molecule has 86 valence electrons. The third kappa shape index (κ3) is 4.43. The molecule has 0 heterocycles. The molecule has 2 atom stereocenters. The number of hydrogen-bond donors (Lipinski definition) is 1. The van der Waals surface area contributed by atoms with Crippen LogP contribution in [0.15, 0.2) is 0 Å². The van der Waals surface area contributed by atoms with E-state index in [0.717, 1.165) is 6.54 Å². The summed E-state index contributed by atoms with van der Waals surface area (Å²) in [6.07, 6.45) is 1.24. The van der Waals surface area contributed by atoms with Gasteiger partial charge in [-0.2, -0.15) is 0 Å². The molecule has 14 heavy (non-hydrogen) atoms. The quantitative estimate of drug-likeness (QED) is 0.679. The van der Waals surface area contributed by atoms with E-state index in [1.54, 1.807) is 0 Å². The molecule has 0 aliphatic heterocycles. The lowest BCUT2D eigenvalue weighted by Gasteiger charge is -2.36. The van der Waals surface area contributed by atoms with Crippen LogP contribution in [0.5, 0.6) is 0 Å². The lowest BCUT2D eigenvalue weighted by atomic mass is 10.1. The van der Waals surface area contributed by atoms with E-state index in [-0.39, 0.29) is 0 Å². The van der Waals surface area contributed by atoms with Crippen LogP contribution in [0.3, 0.4) is 0 Å². The first-order valence-electron chi connectivity index (χ1n) is 6.03. The average Bonchev–Trinajstić information content (AvgIpc) is 2.13. The molecule has 0 saturated heterocycles. The lowest BCUT2D eigenvalue weighted by Crippen LogP contribution is -2.49. The fourth-order valence-corrected chi connectivity index (χ4v) is 1.97. The van der Waals surface area contributed by atoms with Gasteiger partial charge >= 0.3 is 0 Å². The van der Waals surface area contributed by atoms with Gasteiger partial charge in [0.2, 0.25) is 0 Å². The monoisotopic (exact) mass is 200 g/mol. The first-order chi connectivity index (χ1) is 6.54. The summed E-state index contributed by atoms with van der Waals surface area (Å²) in [6.45, 7) is 15.8. The molecule has 2 nitrogen and oxygen atoms in total. The summed E-state index contributed by atoms with van der Waals surface area (Å²) in [4.78, 5) is 2.58. The van der Waals surface area contributed by atoms with Crippen molar-refractivity contribution in [2.45, 2.75) is 66.1 Å². The molecule has 2 unspecified atom stereocenters. The van der Waals surface area contributed by atoms with Crippen molar-refractivity contribution in [3.05, 3.63) is 0 Å². The molecule has 0 spiro atoms. The number of hydrogen-bond acceptors (Lipinski definition) is 2. The van der Waals surface area contributed by atoms with Crippen LogP contribution in [-0.2, 0) is 0 Å². The van der Waals surface area contributed by atoms with Crippen LogP contribution < -0.4 is 5.32 Å². The standard InChI is InChI=1S/C12H28N2/c1-7-9-14(10(3)4)12(6)11(5)13-8-2/h10-13H,7-9H2,1-6H3. The Morgan fingerprint density at radius 2 is 1.64 bits per heavy atom. The van der Waals surface area contributed by atoms with Gasteiger partial charge in [-0.05, 0) is 47.2 Å². The van der Waals surface area contributed by atoms with Crippen LogP contribution in [-0.4, -0.2) is 36.1 Å². The Labute approximate surface area is 90.1 Å². The second-order valence-electron chi connectivity index (χ2n) is 4.42. The minimum absolute atomic E-state index is 0.578. The number of rotatable bonds is 7. The Bertz CT molecular complexity index is 134. The summed E-state index contributed by atoms with van der Waals surface area (Å²) in [5, 5.41) is 3.50. The number of nitrogens with one attached hydrogen (secondary N) is 1. The molecular weight excluding hydrogens is 172 g/mol. The molecule has 0 aromatic rings. The fraction of sp³-hybridized carbons (Fsp3) is 1.00. The van der Waals surface area contributed by atoms with Crippen molar-refractivity contribution in [3.8, 4) is 0 Å². The van der Waals surface area contributed by atoms with Gasteiger partial charge in [-0.3, -0.25) is 4.90 Å². The number of nitrogens with zero attached hydrogens (tertiary/aromatic N) is 1. The predicted molar refractivity (Wildman–Crippen MR) is 64.7 cm³/mol. The number of likely N-dealkylation sites (N-methyl/N-ethyl adjacent to an activating group) is 1. The highest BCUT2D eigenvalue weighted by molar-refractivity contribution is 4.79. The van der Waals surface area contributed by atoms with E-state index in [9.17, 15) is 0 Å². The van der Waals surface area contributed by atoms with E-state index in [1.807, 2.05) is 0 Å². The third-order valence-corrected chi connectivity index (χ3v) is 2.92. The van der Waals surface area contributed by atoms with E-state index < -0.39 is 0 Å². The fourth-order valence-electron chi connectivity index (χ4n) is 1.97. The zero-order valence-corrected chi connectivity index (χ0v) is 10.8. The lowest BCUT2D eigenvalue weighted by molar-refractivity contribution is 0.137. The summed E-state index contributed by atoms with van der Waals surface area (Å²) in [5.41, 5.74) is 0. The third-order valence-electron chi connectivity index (χ3n) is 2.92. The van der Waals surface area contributed by atoms with Crippen molar-refractivity contribution in [2.24, 2.45) is 0 Å². The Morgan fingerprint density at radius 3 is 2.00 bits per heavy atom. The predicted octanol–water partition coefficient (Wildman–Crippen LogP) is 2.49. The summed E-state index contributed by atoms with van der Waals surface area (Å²) < 4.78 is 0. The summed E-state index contributed by atoms with van der Waals surface area (Å²) in [7, 11) is 0. The normalized spacial score (nSPS) is 16.3. The molecule has 0 bridgehead atoms. The van der Waals surface area contributed by atoms with Crippen LogP contribution in [0.1, 0.15) is 48.0 Å². The van der Waals surface area contributed by atoms with Gasteiger partial charge in [0, 0.05) is 18.1 Å². The van der Waals surface area contributed by atoms with Crippen LogP contribution in [0.4, 0.5) is 0 Å². The first kappa shape index (κ1) is 13.9. The molecular formula is C12H28N2. The van der Waals surface area contributed by atoms with Crippen molar-refractivity contribution in [1.82, 2.24) is 10.2 Å². The molecule has 2 heteroatoms. The Morgan fingerprint density at radius 1 is 1.07 bits per heavy atom. The van der Waals surface area contributed by atoms with Crippen LogP contribution in [0.2, 0.25) is 0 Å².